The number of hydrogen-bond donors (Lipinski definition) is 0. The van der Waals surface area contributed by atoms with Gasteiger partial charge in [-0.15, -0.1) is 0 Å². The number of fused-ring (bicyclic) bond motifs is 1. The highest BCUT2D eigenvalue weighted by Gasteiger charge is 2.08. The van der Waals surface area contributed by atoms with Crippen LogP contribution in [0.3, 0.4) is 0 Å². The molecule has 110 valence electrons. The summed E-state index contributed by atoms with van der Waals surface area (Å²) >= 11 is 0. The van der Waals surface area contributed by atoms with E-state index in [0.29, 0.717) is 0 Å². The molecule has 1 nitrogen and oxygen atoms in total. The first-order chi connectivity index (χ1) is 11.4. The van der Waals surface area contributed by atoms with Gasteiger partial charge in [-0.25, -0.2) is 4.57 Å². The van der Waals surface area contributed by atoms with Gasteiger partial charge in [0.15, 0.2) is 18.9 Å². The lowest BCUT2D eigenvalue weighted by molar-refractivity contribution is -0.687. The maximum Gasteiger partial charge on any atom is 0.176 e. The molecule has 0 bridgehead atoms. The Balaban J connectivity index is 1.72. The number of pyridine rings is 1. The summed E-state index contributed by atoms with van der Waals surface area (Å²) < 4.78 is 2.25. The number of nitrogens with zero attached hydrogens (tertiary/aromatic N) is 1. The summed E-state index contributed by atoms with van der Waals surface area (Å²) in [7, 11) is 0. The normalized spacial score (nSPS) is 10.8. The third-order valence-corrected chi connectivity index (χ3v) is 4.20. The standard InChI is InChI=1S/C22H18N/c1-2-8-18(9-3-1)20-13-7-15-23(16-20)17-21-12-6-11-19-10-4-5-14-22(19)21/h1-16H,17H2/q+1. The third kappa shape index (κ3) is 2.86. The van der Waals surface area contributed by atoms with Gasteiger partial charge in [-0.05, 0) is 22.4 Å². The van der Waals surface area contributed by atoms with Gasteiger partial charge in [0.1, 0.15) is 0 Å². The van der Waals surface area contributed by atoms with Crippen LogP contribution in [0.4, 0.5) is 0 Å². The summed E-state index contributed by atoms with van der Waals surface area (Å²) in [4.78, 5) is 0. The van der Waals surface area contributed by atoms with Gasteiger partial charge in [-0.1, -0.05) is 72.8 Å². The van der Waals surface area contributed by atoms with E-state index in [1.807, 2.05) is 0 Å². The molecule has 0 saturated carbocycles. The van der Waals surface area contributed by atoms with Crippen molar-refractivity contribution in [3.8, 4) is 11.1 Å². The van der Waals surface area contributed by atoms with Crippen LogP contribution in [-0.4, -0.2) is 0 Å². The summed E-state index contributed by atoms with van der Waals surface area (Å²) in [6.07, 6.45) is 4.35. The van der Waals surface area contributed by atoms with Crippen molar-refractivity contribution in [1.82, 2.24) is 0 Å². The Labute approximate surface area is 136 Å². The molecule has 1 heterocycles. The lowest BCUT2D eigenvalue weighted by Gasteiger charge is -2.05. The first-order valence-corrected chi connectivity index (χ1v) is 7.91. The number of aromatic nitrogens is 1. The first-order valence-electron chi connectivity index (χ1n) is 7.91. The molecule has 0 amide bonds. The molecule has 0 spiro atoms. The minimum Gasteiger partial charge on any atom is -0.200 e. The molecule has 4 rings (SSSR count). The molecule has 0 saturated heterocycles. The molecule has 0 fully saturated rings. The zero-order valence-electron chi connectivity index (χ0n) is 12.9. The topological polar surface area (TPSA) is 3.88 Å². The summed E-state index contributed by atoms with van der Waals surface area (Å²) in [5, 5.41) is 2.62. The largest absolute Gasteiger partial charge is 0.200 e. The molecule has 1 aromatic heterocycles. The maximum absolute atomic E-state index is 2.25. The van der Waals surface area contributed by atoms with Gasteiger partial charge in [0.05, 0.1) is 0 Å². The Morgan fingerprint density at radius 3 is 2.26 bits per heavy atom. The number of rotatable bonds is 3. The van der Waals surface area contributed by atoms with Crippen LogP contribution < -0.4 is 4.57 Å². The van der Waals surface area contributed by atoms with E-state index in [4.69, 9.17) is 0 Å². The van der Waals surface area contributed by atoms with Gasteiger partial charge in [0, 0.05) is 17.2 Å². The van der Waals surface area contributed by atoms with Crippen molar-refractivity contribution in [1.29, 1.82) is 0 Å². The molecule has 0 atom stereocenters. The van der Waals surface area contributed by atoms with E-state index >= 15 is 0 Å². The highest BCUT2D eigenvalue weighted by atomic mass is 14.9. The molecule has 0 unspecified atom stereocenters. The minimum absolute atomic E-state index is 0.877. The Kier molecular flexibility index (Phi) is 3.61. The van der Waals surface area contributed by atoms with Crippen LogP contribution >= 0.6 is 0 Å². The molecule has 3 aromatic carbocycles. The van der Waals surface area contributed by atoms with Crippen LogP contribution in [0.5, 0.6) is 0 Å². The zero-order valence-corrected chi connectivity index (χ0v) is 12.9. The van der Waals surface area contributed by atoms with Gasteiger partial charge in [0.2, 0.25) is 0 Å². The van der Waals surface area contributed by atoms with E-state index in [1.54, 1.807) is 0 Å². The van der Waals surface area contributed by atoms with E-state index in [9.17, 15) is 0 Å². The van der Waals surface area contributed by atoms with Crippen molar-refractivity contribution < 1.29 is 4.57 Å². The van der Waals surface area contributed by atoms with Crippen LogP contribution in [-0.2, 0) is 6.54 Å². The van der Waals surface area contributed by atoms with Crippen LogP contribution in [0, 0.1) is 0 Å². The first kappa shape index (κ1) is 13.7. The summed E-state index contributed by atoms with van der Waals surface area (Å²) in [6.45, 7) is 0.877. The minimum atomic E-state index is 0.877. The highest BCUT2D eigenvalue weighted by Crippen LogP contribution is 2.19. The summed E-state index contributed by atoms with van der Waals surface area (Å²) in [5.41, 5.74) is 3.84. The Morgan fingerprint density at radius 1 is 0.609 bits per heavy atom. The molecule has 0 aliphatic heterocycles. The molecule has 0 aliphatic carbocycles. The maximum atomic E-state index is 2.25. The lowest BCUT2D eigenvalue weighted by Crippen LogP contribution is -2.33. The van der Waals surface area contributed by atoms with Gasteiger partial charge >= 0.3 is 0 Å². The van der Waals surface area contributed by atoms with E-state index in [1.165, 1.54) is 27.5 Å². The zero-order chi connectivity index (χ0) is 15.5. The van der Waals surface area contributed by atoms with Gasteiger partial charge in [0.25, 0.3) is 0 Å². The SMILES string of the molecule is c1ccc(-c2ccc[n+](Cc3cccc4ccccc34)c2)cc1. The van der Waals surface area contributed by atoms with Crippen molar-refractivity contribution >= 4 is 10.8 Å². The highest BCUT2D eigenvalue weighted by molar-refractivity contribution is 5.85. The monoisotopic (exact) mass is 296 g/mol. The van der Waals surface area contributed by atoms with Gasteiger partial charge in [-0.2, -0.15) is 0 Å². The fourth-order valence-electron chi connectivity index (χ4n) is 3.05. The van der Waals surface area contributed by atoms with Gasteiger partial charge in [-0.3, -0.25) is 0 Å². The van der Waals surface area contributed by atoms with E-state index in [0.717, 1.165) is 6.54 Å². The Bertz CT molecular complexity index is 937. The van der Waals surface area contributed by atoms with Crippen molar-refractivity contribution in [3.05, 3.63) is 103 Å². The number of hydrogen-bond acceptors (Lipinski definition) is 0. The van der Waals surface area contributed by atoms with Gasteiger partial charge < -0.3 is 0 Å². The Morgan fingerprint density at radius 2 is 1.35 bits per heavy atom. The fraction of sp³-hybridized carbons (Fsp3) is 0.0455. The average molecular weight is 296 g/mol. The third-order valence-electron chi connectivity index (χ3n) is 4.20. The molecule has 4 aromatic rings. The summed E-state index contributed by atoms with van der Waals surface area (Å²) in [6, 6.07) is 29.9. The van der Waals surface area contributed by atoms with Crippen LogP contribution in [0.1, 0.15) is 5.56 Å². The van der Waals surface area contributed by atoms with Crippen molar-refractivity contribution in [2.45, 2.75) is 6.54 Å². The smallest absolute Gasteiger partial charge is 0.176 e. The predicted molar refractivity (Wildman–Crippen MR) is 95.1 cm³/mol. The van der Waals surface area contributed by atoms with Crippen LogP contribution in [0.2, 0.25) is 0 Å². The van der Waals surface area contributed by atoms with E-state index in [-0.39, 0.29) is 0 Å². The predicted octanol–water partition coefficient (Wildman–Crippen LogP) is 4.84. The second-order valence-electron chi connectivity index (χ2n) is 5.77. The molecule has 0 aliphatic rings. The van der Waals surface area contributed by atoms with Crippen molar-refractivity contribution in [3.63, 3.8) is 0 Å². The average Bonchev–Trinajstić information content (AvgIpc) is 2.63. The molecular formula is C22H18N+. The van der Waals surface area contributed by atoms with Crippen LogP contribution in [0.15, 0.2) is 97.3 Å². The second kappa shape index (κ2) is 6.05. The van der Waals surface area contributed by atoms with Crippen molar-refractivity contribution in [2.24, 2.45) is 0 Å². The van der Waals surface area contributed by atoms with Crippen LogP contribution in [0.25, 0.3) is 21.9 Å². The molecule has 0 radical (unpaired) electrons. The van der Waals surface area contributed by atoms with E-state index < -0.39 is 0 Å². The van der Waals surface area contributed by atoms with Crippen molar-refractivity contribution in [2.75, 3.05) is 0 Å². The molecule has 23 heavy (non-hydrogen) atoms. The molecule has 0 N–H and O–H groups in total. The second-order valence-corrected chi connectivity index (χ2v) is 5.77. The number of benzene rings is 3. The Hall–Kier alpha value is -2.93. The lowest BCUT2D eigenvalue weighted by atomic mass is 10.0. The quantitative estimate of drug-likeness (QED) is 0.476. The molecule has 1 heteroatoms. The summed E-state index contributed by atoms with van der Waals surface area (Å²) in [5.74, 6) is 0. The van der Waals surface area contributed by atoms with E-state index in [2.05, 4.69) is 102 Å². The molecular weight excluding hydrogens is 278 g/mol. The fourth-order valence-corrected chi connectivity index (χ4v) is 3.05.